The summed E-state index contributed by atoms with van der Waals surface area (Å²) in [6.07, 6.45) is 7.27. The fourth-order valence-corrected chi connectivity index (χ4v) is 2.47. The van der Waals surface area contributed by atoms with Crippen molar-refractivity contribution in [1.82, 2.24) is 5.32 Å². The molecule has 1 aliphatic carbocycles. The third kappa shape index (κ3) is 2.88. The lowest BCUT2D eigenvalue weighted by Gasteiger charge is -2.29. The number of hydrogen-bond donors (Lipinski definition) is 2. The van der Waals surface area contributed by atoms with Gasteiger partial charge in [-0.15, -0.1) is 0 Å². The average Bonchev–Trinajstić information content (AvgIpc) is 2.71. The number of hydrogen-bond acceptors (Lipinski definition) is 3. The van der Waals surface area contributed by atoms with Crippen LogP contribution in [0.3, 0.4) is 0 Å². The van der Waals surface area contributed by atoms with E-state index in [2.05, 4.69) is 5.32 Å². The van der Waals surface area contributed by atoms with Gasteiger partial charge in [0.05, 0.1) is 12.8 Å². The molecular weight excluding hydrogens is 218 g/mol. The zero-order valence-electron chi connectivity index (χ0n) is 9.95. The van der Waals surface area contributed by atoms with Gasteiger partial charge < -0.3 is 9.52 Å². The number of rotatable bonds is 4. The molecule has 0 aromatic carbocycles. The third-order valence-electron chi connectivity index (χ3n) is 3.55. The number of carboxylic acid groups (broad SMARTS) is 1. The second kappa shape index (κ2) is 5.36. The second-order valence-electron chi connectivity index (χ2n) is 4.73. The van der Waals surface area contributed by atoms with E-state index in [1.54, 1.807) is 6.26 Å². The second-order valence-corrected chi connectivity index (χ2v) is 4.73. The Bertz CT molecular complexity index is 351. The van der Waals surface area contributed by atoms with Gasteiger partial charge in [-0.3, -0.25) is 10.1 Å². The minimum atomic E-state index is -0.761. The van der Waals surface area contributed by atoms with Crippen molar-refractivity contribution in [3.63, 3.8) is 0 Å². The molecule has 1 aromatic rings. The van der Waals surface area contributed by atoms with Crippen LogP contribution in [0, 0.1) is 0 Å². The molecule has 0 atom stereocenters. The summed E-state index contributed by atoms with van der Waals surface area (Å²) in [6.45, 7) is 0.485. The van der Waals surface area contributed by atoms with Crippen molar-refractivity contribution in [2.24, 2.45) is 0 Å². The van der Waals surface area contributed by atoms with E-state index in [0.717, 1.165) is 31.4 Å². The molecule has 1 fully saturated rings. The highest BCUT2D eigenvalue weighted by molar-refractivity contribution is 5.78. The summed E-state index contributed by atoms with van der Waals surface area (Å²) in [6, 6.07) is 3.68. The van der Waals surface area contributed by atoms with Crippen molar-refractivity contribution in [2.45, 2.75) is 50.6 Å². The van der Waals surface area contributed by atoms with Crippen molar-refractivity contribution >= 4 is 5.97 Å². The SMILES string of the molecule is O=C(O)C1(NCc2ccco2)CCCCCC1. The summed E-state index contributed by atoms with van der Waals surface area (Å²) in [5.41, 5.74) is -0.761. The first-order valence-electron chi connectivity index (χ1n) is 6.24. The lowest BCUT2D eigenvalue weighted by molar-refractivity contribution is -0.145. The van der Waals surface area contributed by atoms with Gasteiger partial charge in [-0.25, -0.2) is 0 Å². The summed E-state index contributed by atoms with van der Waals surface area (Å²) in [4.78, 5) is 11.5. The van der Waals surface area contributed by atoms with Gasteiger partial charge in [-0.2, -0.15) is 0 Å². The number of carbonyl (C=O) groups is 1. The fraction of sp³-hybridized carbons (Fsp3) is 0.615. The molecule has 0 saturated heterocycles. The van der Waals surface area contributed by atoms with E-state index in [0.29, 0.717) is 19.4 Å². The molecule has 4 nitrogen and oxygen atoms in total. The Labute approximate surface area is 101 Å². The number of aliphatic carboxylic acids is 1. The normalized spacial score (nSPS) is 19.8. The molecule has 0 aliphatic heterocycles. The molecule has 17 heavy (non-hydrogen) atoms. The van der Waals surface area contributed by atoms with Gasteiger partial charge in [0.15, 0.2) is 0 Å². The zero-order valence-corrected chi connectivity index (χ0v) is 9.95. The maximum atomic E-state index is 11.5. The topological polar surface area (TPSA) is 62.5 Å². The molecule has 1 heterocycles. The van der Waals surface area contributed by atoms with E-state index in [9.17, 15) is 9.90 Å². The van der Waals surface area contributed by atoms with Crippen LogP contribution < -0.4 is 5.32 Å². The summed E-state index contributed by atoms with van der Waals surface area (Å²) in [5, 5.41) is 12.6. The molecule has 2 N–H and O–H groups in total. The average molecular weight is 237 g/mol. The lowest BCUT2D eigenvalue weighted by atomic mass is 9.90. The summed E-state index contributed by atoms with van der Waals surface area (Å²) < 4.78 is 5.23. The van der Waals surface area contributed by atoms with E-state index in [1.165, 1.54) is 0 Å². The quantitative estimate of drug-likeness (QED) is 0.790. The molecular formula is C13H19NO3. The Morgan fingerprint density at radius 3 is 2.59 bits per heavy atom. The van der Waals surface area contributed by atoms with Crippen molar-refractivity contribution < 1.29 is 14.3 Å². The minimum Gasteiger partial charge on any atom is -0.480 e. The van der Waals surface area contributed by atoms with Crippen LogP contribution in [0.2, 0.25) is 0 Å². The molecule has 1 aromatic heterocycles. The van der Waals surface area contributed by atoms with Crippen LogP contribution in [-0.2, 0) is 11.3 Å². The van der Waals surface area contributed by atoms with Gasteiger partial charge in [-0.1, -0.05) is 25.7 Å². The van der Waals surface area contributed by atoms with Gasteiger partial charge in [-0.05, 0) is 25.0 Å². The Morgan fingerprint density at radius 1 is 1.35 bits per heavy atom. The van der Waals surface area contributed by atoms with Crippen molar-refractivity contribution in [3.8, 4) is 0 Å². The summed E-state index contributed by atoms with van der Waals surface area (Å²) >= 11 is 0. The zero-order chi connectivity index (χ0) is 12.1. The van der Waals surface area contributed by atoms with Crippen molar-refractivity contribution in [1.29, 1.82) is 0 Å². The first-order chi connectivity index (χ1) is 8.23. The van der Waals surface area contributed by atoms with Crippen LogP contribution in [-0.4, -0.2) is 16.6 Å². The highest BCUT2D eigenvalue weighted by Crippen LogP contribution is 2.27. The molecule has 1 aliphatic rings. The molecule has 0 spiro atoms. The number of nitrogens with one attached hydrogen (secondary N) is 1. The van der Waals surface area contributed by atoms with E-state index in [1.807, 2.05) is 12.1 Å². The predicted octanol–water partition coefficient (Wildman–Crippen LogP) is 2.55. The molecule has 0 unspecified atom stereocenters. The van der Waals surface area contributed by atoms with Crippen LogP contribution in [0.5, 0.6) is 0 Å². The van der Waals surface area contributed by atoms with Gasteiger partial charge in [0, 0.05) is 0 Å². The molecule has 0 bridgehead atoms. The van der Waals surface area contributed by atoms with Crippen LogP contribution in [0.25, 0.3) is 0 Å². The summed E-state index contributed by atoms with van der Waals surface area (Å²) in [5.74, 6) is 0.0563. The Balaban J connectivity index is 2.02. The van der Waals surface area contributed by atoms with Crippen molar-refractivity contribution in [2.75, 3.05) is 0 Å². The van der Waals surface area contributed by atoms with E-state index >= 15 is 0 Å². The minimum absolute atomic E-state index is 0.485. The van der Waals surface area contributed by atoms with Gasteiger partial charge >= 0.3 is 5.97 Å². The number of carboxylic acids is 1. The summed E-state index contributed by atoms with van der Waals surface area (Å²) in [7, 11) is 0. The Morgan fingerprint density at radius 2 is 2.06 bits per heavy atom. The lowest BCUT2D eigenvalue weighted by Crippen LogP contribution is -2.51. The first kappa shape index (κ1) is 12.2. The van der Waals surface area contributed by atoms with E-state index < -0.39 is 11.5 Å². The largest absolute Gasteiger partial charge is 0.480 e. The maximum Gasteiger partial charge on any atom is 0.323 e. The van der Waals surface area contributed by atoms with Gasteiger partial charge in [0.2, 0.25) is 0 Å². The van der Waals surface area contributed by atoms with E-state index in [-0.39, 0.29) is 0 Å². The molecule has 2 rings (SSSR count). The molecule has 4 heteroatoms. The molecule has 1 saturated carbocycles. The van der Waals surface area contributed by atoms with Gasteiger partial charge in [0.25, 0.3) is 0 Å². The number of furan rings is 1. The Hall–Kier alpha value is -1.29. The van der Waals surface area contributed by atoms with Gasteiger partial charge in [0.1, 0.15) is 11.3 Å². The first-order valence-corrected chi connectivity index (χ1v) is 6.24. The maximum absolute atomic E-state index is 11.5. The van der Waals surface area contributed by atoms with Crippen molar-refractivity contribution in [3.05, 3.63) is 24.2 Å². The monoisotopic (exact) mass is 237 g/mol. The fourth-order valence-electron chi connectivity index (χ4n) is 2.47. The molecule has 0 amide bonds. The standard InChI is InChI=1S/C13H19NO3/c15-12(16)13(7-3-1-2-4-8-13)14-10-11-6-5-9-17-11/h5-6,9,14H,1-4,7-8,10H2,(H,15,16). The highest BCUT2D eigenvalue weighted by atomic mass is 16.4. The van der Waals surface area contributed by atoms with Crippen LogP contribution >= 0.6 is 0 Å². The Kier molecular flexibility index (Phi) is 3.84. The van der Waals surface area contributed by atoms with E-state index in [4.69, 9.17) is 4.42 Å². The van der Waals surface area contributed by atoms with Crippen LogP contribution in [0.4, 0.5) is 0 Å². The smallest absolute Gasteiger partial charge is 0.323 e. The highest BCUT2D eigenvalue weighted by Gasteiger charge is 2.38. The van der Waals surface area contributed by atoms with Crippen LogP contribution in [0.1, 0.15) is 44.3 Å². The molecule has 94 valence electrons. The molecule has 0 radical (unpaired) electrons. The third-order valence-corrected chi connectivity index (χ3v) is 3.55. The van der Waals surface area contributed by atoms with Crippen LogP contribution in [0.15, 0.2) is 22.8 Å². The predicted molar refractivity (Wildman–Crippen MR) is 63.6 cm³/mol.